The third-order valence-electron chi connectivity index (χ3n) is 3.44. The second kappa shape index (κ2) is 5.83. The van der Waals surface area contributed by atoms with E-state index in [2.05, 4.69) is 24.6 Å². The van der Waals surface area contributed by atoms with Gasteiger partial charge in [0.2, 0.25) is 10.0 Å². The monoisotopic (exact) mass is 257 g/mol. The van der Waals surface area contributed by atoms with Crippen LogP contribution in [0.5, 0.6) is 0 Å². The van der Waals surface area contributed by atoms with E-state index in [9.17, 15) is 8.42 Å². The molecular weight excluding hydrogens is 234 g/mol. The van der Waals surface area contributed by atoms with E-state index in [1.165, 1.54) is 0 Å². The third-order valence-corrected chi connectivity index (χ3v) is 4.88. The van der Waals surface area contributed by atoms with Gasteiger partial charge in [0.05, 0.1) is 5.75 Å². The molecule has 4 heteroatoms. The summed E-state index contributed by atoms with van der Waals surface area (Å²) < 4.78 is 26.6. The van der Waals surface area contributed by atoms with Gasteiger partial charge in [-0.15, -0.1) is 0 Å². The molecule has 1 N–H and O–H groups in total. The molecule has 1 rings (SSSR count). The lowest BCUT2D eigenvalue weighted by molar-refractivity contribution is 0.342. The summed E-state index contributed by atoms with van der Waals surface area (Å²) in [6, 6.07) is -0.126. The van der Waals surface area contributed by atoms with E-state index in [0.29, 0.717) is 6.42 Å². The van der Waals surface area contributed by atoms with Gasteiger partial charge in [-0.3, -0.25) is 0 Å². The first-order valence-electron chi connectivity index (χ1n) is 6.29. The molecule has 2 atom stereocenters. The Labute approximate surface area is 105 Å². The molecule has 0 aromatic carbocycles. The van der Waals surface area contributed by atoms with Crippen molar-refractivity contribution in [3.05, 3.63) is 24.3 Å². The Hall–Kier alpha value is -0.610. The molecule has 1 aliphatic rings. The van der Waals surface area contributed by atoms with Gasteiger partial charge >= 0.3 is 0 Å². The molecule has 3 nitrogen and oxygen atoms in total. The van der Waals surface area contributed by atoms with Crippen molar-refractivity contribution in [3.63, 3.8) is 0 Å². The van der Waals surface area contributed by atoms with Gasteiger partial charge in [-0.2, -0.15) is 0 Å². The van der Waals surface area contributed by atoms with Crippen molar-refractivity contribution in [2.75, 3.05) is 5.75 Å². The fraction of sp³-hybridized carbons (Fsp3) is 0.692. The molecule has 2 unspecified atom stereocenters. The molecule has 98 valence electrons. The van der Waals surface area contributed by atoms with Gasteiger partial charge in [-0.1, -0.05) is 51.5 Å². The van der Waals surface area contributed by atoms with E-state index in [1.54, 1.807) is 0 Å². The van der Waals surface area contributed by atoms with Crippen molar-refractivity contribution in [1.29, 1.82) is 0 Å². The Morgan fingerprint density at radius 2 is 2.00 bits per heavy atom. The third kappa shape index (κ3) is 3.96. The summed E-state index contributed by atoms with van der Waals surface area (Å²) >= 11 is 0. The highest BCUT2D eigenvalue weighted by Crippen LogP contribution is 2.31. The van der Waals surface area contributed by atoms with Crippen molar-refractivity contribution in [1.82, 2.24) is 4.72 Å². The molecule has 0 aromatic rings. The van der Waals surface area contributed by atoms with Crippen LogP contribution in [0.4, 0.5) is 0 Å². The van der Waals surface area contributed by atoms with E-state index in [4.69, 9.17) is 0 Å². The average molecular weight is 257 g/mol. The van der Waals surface area contributed by atoms with E-state index in [-0.39, 0.29) is 17.2 Å². The van der Waals surface area contributed by atoms with Crippen LogP contribution in [0.3, 0.4) is 0 Å². The summed E-state index contributed by atoms with van der Waals surface area (Å²) in [5.74, 6) is 0.220. The van der Waals surface area contributed by atoms with Crippen LogP contribution in [-0.2, 0) is 10.0 Å². The summed E-state index contributed by atoms with van der Waals surface area (Å²) in [5.41, 5.74) is -0.117. The minimum Gasteiger partial charge on any atom is -0.212 e. The second-order valence-corrected chi connectivity index (χ2v) is 6.74. The first-order chi connectivity index (χ1) is 7.93. The maximum absolute atomic E-state index is 11.9. The zero-order chi connectivity index (χ0) is 12.9. The van der Waals surface area contributed by atoms with Gasteiger partial charge in [-0.05, 0) is 12.8 Å². The number of unbranched alkanes of at least 4 members (excludes halogenated alkanes) is 1. The Kier molecular flexibility index (Phi) is 4.95. The SMILES string of the molecule is CCCCS(=O)(=O)NC1C=CC=CC1(C)CC. The van der Waals surface area contributed by atoms with Crippen LogP contribution >= 0.6 is 0 Å². The topological polar surface area (TPSA) is 46.2 Å². The first kappa shape index (κ1) is 14.5. The molecular formula is C13H23NO2S. The number of hydrogen-bond donors (Lipinski definition) is 1. The molecule has 0 bridgehead atoms. The van der Waals surface area contributed by atoms with Gasteiger partial charge in [0.25, 0.3) is 0 Å². The van der Waals surface area contributed by atoms with Gasteiger partial charge in [0.15, 0.2) is 0 Å². The van der Waals surface area contributed by atoms with Gasteiger partial charge < -0.3 is 0 Å². The lowest BCUT2D eigenvalue weighted by atomic mass is 9.78. The molecule has 0 spiro atoms. The van der Waals surface area contributed by atoms with E-state index in [1.807, 2.05) is 25.2 Å². The number of sulfonamides is 1. The highest BCUT2D eigenvalue weighted by molar-refractivity contribution is 7.89. The van der Waals surface area contributed by atoms with Crippen molar-refractivity contribution >= 4 is 10.0 Å². The number of nitrogens with one attached hydrogen (secondary N) is 1. The Balaban J connectivity index is 2.73. The Bertz CT molecular complexity index is 398. The lowest BCUT2D eigenvalue weighted by Gasteiger charge is -2.34. The van der Waals surface area contributed by atoms with Gasteiger partial charge in [0, 0.05) is 11.5 Å². The molecule has 0 saturated carbocycles. The molecule has 0 aromatic heterocycles. The van der Waals surface area contributed by atoms with Crippen molar-refractivity contribution < 1.29 is 8.42 Å². The molecule has 0 heterocycles. The highest BCUT2D eigenvalue weighted by atomic mass is 32.2. The number of hydrogen-bond acceptors (Lipinski definition) is 2. The van der Waals surface area contributed by atoms with Crippen LogP contribution in [0.2, 0.25) is 0 Å². The minimum atomic E-state index is -3.16. The molecule has 0 radical (unpaired) electrons. The minimum absolute atomic E-state index is 0.117. The Morgan fingerprint density at radius 1 is 1.29 bits per heavy atom. The lowest BCUT2D eigenvalue weighted by Crippen LogP contribution is -2.45. The average Bonchev–Trinajstić information content (AvgIpc) is 2.30. The maximum Gasteiger partial charge on any atom is 0.212 e. The standard InChI is InChI=1S/C13H23NO2S/c1-4-6-11-17(15,16)14-12-9-7-8-10-13(12,3)5-2/h7-10,12,14H,4-6,11H2,1-3H3. The quantitative estimate of drug-likeness (QED) is 0.795. The number of rotatable bonds is 6. The van der Waals surface area contributed by atoms with Crippen LogP contribution < -0.4 is 4.72 Å². The smallest absolute Gasteiger partial charge is 0.212 e. The highest BCUT2D eigenvalue weighted by Gasteiger charge is 2.32. The normalized spacial score (nSPS) is 28.5. The van der Waals surface area contributed by atoms with Gasteiger partial charge in [-0.25, -0.2) is 13.1 Å². The summed E-state index contributed by atoms with van der Waals surface area (Å²) in [6.07, 6.45) is 10.4. The predicted molar refractivity (Wildman–Crippen MR) is 72.3 cm³/mol. The van der Waals surface area contributed by atoms with Crippen LogP contribution in [0.1, 0.15) is 40.0 Å². The summed E-state index contributed by atoms with van der Waals surface area (Å²) in [7, 11) is -3.16. The molecule has 1 aliphatic carbocycles. The van der Waals surface area contributed by atoms with Crippen molar-refractivity contribution in [2.24, 2.45) is 5.41 Å². The Morgan fingerprint density at radius 3 is 2.59 bits per heavy atom. The zero-order valence-corrected chi connectivity index (χ0v) is 11.8. The van der Waals surface area contributed by atoms with Crippen LogP contribution in [0, 0.1) is 5.41 Å². The van der Waals surface area contributed by atoms with Crippen LogP contribution in [0.25, 0.3) is 0 Å². The van der Waals surface area contributed by atoms with Crippen LogP contribution in [0.15, 0.2) is 24.3 Å². The second-order valence-electron chi connectivity index (χ2n) is 4.87. The maximum atomic E-state index is 11.9. The van der Waals surface area contributed by atoms with E-state index < -0.39 is 10.0 Å². The van der Waals surface area contributed by atoms with Crippen molar-refractivity contribution in [2.45, 2.75) is 46.1 Å². The molecule has 0 amide bonds. The molecule has 0 aliphatic heterocycles. The van der Waals surface area contributed by atoms with E-state index >= 15 is 0 Å². The van der Waals surface area contributed by atoms with Crippen molar-refractivity contribution in [3.8, 4) is 0 Å². The summed E-state index contributed by atoms with van der Waals surface area (Å²) in [5, 5.41) is 0. The largest absolute Gasteiger partial charge is 0.212 e. The fourth-order valence-corrected chi connectivity index (χ4v) is 3.39. The van der Waals surface area contributed by atoms with Crippen LogP contribution in [-0.4, -0.2) is 20.2 Å². The summed E-state index contributed by atoms with van der Waals surface area (Å²) in [6.45, 7) is 6.16. The molecule has 17 heavy (non-hydrogen) atoms. The first-order valence-corrected chi connectivity index (χ1v) is 7.95. The zero-order valence-electron chi connectivity index (χ0n) is 10.9. The van der Waals surface area contributed by atoms with E-state index in [0.717, 1.165) is 12.8 Å². The molecule has 0 fully saturated rings. The van der Waals surface area contributed by atoms with Gasteiger partial charge in [0.1, 0.15) is 0 Å². The summed E-state index contributed by atoms with van der Waals surface area (Å²) in [4.78, 5) is 0. The molecule has 0 saturated heterocycles. The predicted octanol–water partition coefficient (Wildman–Crippen LogP) is 2.62. The fourth-order valence-electron chi connectivity index (χ4n) is 1.87. The number of allylic oxidation sites excluding steroid dienone is 2.